The quantitative estimate of drug-likeness (QED) is 0.862. The van der Waals surface area contributed by atoms with E-state index in [4.69, 9.17) is 11.6 Å². The van der Waals surface area contributed by atoms with Gasteiger partial charge in [0.05, 0.1) is 17.5 Å². The Hall–Kier alpha value is -1.72. The first-order valence-corrected chi connectivity index (χ1v) is 7.85. The number of ether oxygens (including phenoxy) is 1. The number of nitrogens with one attached hydrogen (secondary N) is 2. The summed E-state index contributed by atoms with van der Waals surface area (Å²) in [5.41, 5.74) is 2.95. The van der Waals surface area contributed by atoms with Crippen LogP contribution in [0.15, 0.2) is 30.3 Å². The summed E-state index contributed by atoms with van der Waals surface area (Å²) in [6, 6.07) is 9.91. The molecule has 4 nitrogen and oxygen atoms in total. The van der Waals surface area contributed by atoms with Crippen LogP contribution < -0.4 is 10.6 Å². The van der Waals surface area contributed by atoms with Crippen LogP contribution in [0.3, 0.4) is 0 Å². The highest BCUT2D eigenvalue weighted by Crippen LogP contribution is 2.41. The lowest BCUT2D eigenvalue weighted by molar-refractivity contribution is 0.187. The zero-order chi connectivity index (χ0) is 14.8. The van der Waals surface area contributed by atoms with E-state index in [0.717, 1.165) is 22.9 Å². The standard InChI is InChI=1S/C15H15ClN2O2S/c1-20-15(19)18-10-4-2-3-9(7-10)17-12-5-6-13-11(12)8-14(16)21-13/h2-4,7-8,12,17H,5-6H2,1H3,(H,18,19). The maximum atomic E-state index is 11.2. The molecule has 0 fully saturated rings. The molecular weight excluding hydrogens is 308 g/mol. The number of thiophene rings is 1. The van der Waals surface area contributed by atoms with Gasteiger partial charge in [-0.2, -0.15) is 0 Å². The molecule has 1 heterocycles. The fourth-order valence-electron chi connectivity index (χ4n) is 2.54. The van der Waals surface area contributed by atoms with E-state index < -0.39 is 6.09 Å². The summed E-state index contributed by atoms with van der Waals surface area (Å²) < 4.78 is 5.43. The topological polar surface area (TPSA) is 50.4 Å². The summed E-state index contributed by atoms with van der Waals surface area (Å²) in [4.78, 5) is 12.6. The van der Waals surface area contributed by atoms with E-state index >= 15 is 0 Å². The van der Waals surface area contributed by atoms with Crippen LogP contribution in [-0.4, -0.2) is 13.2 Å². The molecule has 0 radical (unpaired) electrons. The maximum absolute atomic E-state index is 11.2. The van der Waals surface area contributed by atoms with E-state index in [0.29, 0.717) is 5.69 Å². The number of anilines is 2. The largest absolute Gasteiger partial charge is 0.453 e. The van der Waals surface area contributed by atoms with Crippen LogP contribution in [-0.2, 0) is 11.2 Å². The molecule has 2 aromatic rings. The van der Waals surface area contributed by atoms with Crippen molar-refractivity contribution in [1.82, 2.24) is 0 Å². The highest BCUT2D eigenvalue weighted by molar-refractivity contribution is 7.16. The van der Waals surface area contributed by atoms with Gasteiger partial charge in [-0.15, -0.1) is 11.3 Å². The number of rotatable bonds is 3. The molecule has 1 aromatic heterocycles. The van der Waals surface area contributed by atoms with Gasteiger partial charge in [-0.25, -0.2) is 4.79 Å². The number of fused-ring (bicyclic) bond motifs is 1. The van der Waals surface area contributed by atoms with E-state index in [9.17, 15) is 4.79 Å². The van der Waals surface area contributed by atoms with Gasteiger partial charge in [0.2, 0.25) is 0 Å². The SMILES string of the molecule is COC(=O)Nc1cccc(NC2CCc3sc(Cl)cc32)c1. The lowest BCUT2D eigenvalue weighted by Crippen LogP contribution is -2.11. The molecule has 1 aliphatic carbocycles. The van der Waals surface area contributed by atoms with Crippen molar-refractivity contribution in [3.05, 3.63) is 45.1 Å². The number of hydrogen-bond acceptors (Lipinski definition) is 4. The van der Waals surface area contributed by atoms with Crippen molar-refractivity contribution in [2.24, 2.45) is 0 Å². The lowest BCUT2D eigenvalue weighted by Gasteiger charge is -2.15. The van der Waals surface area contributed by atoms with Crippen LogP contribution in [0.1, 0.15) is 22.9 Å². The van der Waals surface area contributed by atoms with Crippen molar-refractivity contribution in [3.8, 4) is 0 Å². The Balaban J connectivity index is 1.74. The Morgan fingerprint density at radius 2 is 2.19 bits per heavy atom. The number of carbonyl (C=O) groups is 1. The second-order valence-corrected chi connectivity index (χ2v) is 6.63. The Kier molecular flexibility index (Phi) is 4.03. The lowest BCUT2D eigenvalue weighted by atomic mass is 10.1. The normalized spacial score (nSPS) is 16.4. The van der Waals surface area contributed by atoms with E-state index in [1.807, 2.05) is 30.3 Å². The van der Waals surface area contributed by atoms with Crippen LogP contribution in [0, 0.1) is 0 Å². The highest BCUT2D eigenvalue weighted by Gasteiger charge is 2.24. The van der Waals surface area contributed by atoms with Gasteiger partial charge in [0.25, 0.3) is 0 Å². The molecule has 2 N–H and O–H groups in total. The summed E-state index contributed by atoms with van der Waals surface area (Å²) in [7, 11) is 1.35. The third-order valence-electron chi connectivity index (χ3n) is 3.48. The predicted molar refractivity (Wildman–Crippen MR) is 86.5 cm³/mol. The zero-order valence-corrected chi connectivity index (χ0v) is 13.1. The smallest absolute Gasteiger partial charge is 0.411 e. The van der Waals surface area contributed by atoms with Crippen LogP contribution in [0.5, 0.6) is 0 Å². The van der Waals surface area contributed by atoms with Gasteiger partial charge in [0.1, 0.15) is 0 Å². The van der Waals surface area contributed by atoms with Crippen LogP contribution in [0.25, 0.3) is 0 Å². The number of benzene rings is 1. The molecule has 0 saturated carbocycles. The number of hydrogen-bond donors (Lipinski definition) is 2. The Morgan fingerprint density at radius 1 is 1.38 bits per heavy atom. The van der Waals surface area contributed by atoms with Crippen LogP contribution >= 0.6 is 22.9 Å². The van der Waals surface area contributed by atoms with Crippen LogP contribution in [0.4, 0.5) is 16.2 Å². The summed E-state index contributed by atoms with van der Waals surface area (Å²) in [5.74, 6) is 0. The first-order valence-electron chi connectivity index (χ1n) is 6.65. The van der Waals surface area contributed by atoms with Gasteiger partial charge < -0.3 is 10.1 Å². The molecule has 1 aliphatic rings. The number of halogens is 1. The first kappa shape index (κ1) is 14.2. The second-order valence-electron chi connectivity index (χ2n) is 4.86. The molecule has 0 spiro atoms. The molecule has 3 rings (SSSR count). The average molecular weight is 323 g/mol. The van der Waals surface area contributed by atoms with E-state index in [1.165, 1.54) is 17.6 Å². The van der Waals surface area contributed by atoms with E-state index in [2.05, 4.69) is 15.4 Å². The van der Waals surface area contributed by atoms with Crippen molar-refractivity contribution >= 4 is 40.4 Å². The van der Waals surface area contributed by atoms with Gasteiger partial charge in [0, 0.05) is 16.3 Å². The molecule has 1 aromatic carbocycles. The van der Waals surface area contributed by atoms with Crippen molar-refractivity contribution in [3.63, 3.8) is 0 Å². The monoisotopic (exact) mass is 322 g/mol. The van der Waals surface area contributed by atoms with E-state index in [1.54, 1.807) is 11.3 Å². The highest BCUT2D eigenvalue weighted by atomic mass is 35.5. The van der Waals surface area contributed by atoms with Gasteiger partial charge in [0.15, 0.2) is 0 Å². The van der Waals surface area contributed by atoms with Crippen molar-refractivity contribution in [2.75, 3.05) is 17.7 Å². The third-order valence-corrected chi connectivity index (χ3v) is 4.82. The van der Waals surface area contributed by atoms with Crippen molar-refractivity contribution in [1.29, 1.82) is 0 Å². The van der Waals surface area contributed by atoms with E-state index in [-0.39, 0.29) is 6.04 Å². The molecule has 6 heteroatoms. The fraction of sp³-hybridized carbons (Fsp3) is 0.267. The van der Waals surface area contributed by atoms with Gasteiger partial charge in [-0.05, 0) is 42.7 Å². The molecule has 110 valence electrons. The summed E-state index contributed by atoms with van der Waals surface area (Å²) in [5, 5.41) is 6.16. The Labute approximate surface area is 132 Å². The predicted octanol–water partition coefficient (Wildman–Crippen LogP) is 4.68. The fourth-order valence-corrected chi connectivity index (χ4v) is 3.89. The summed E-state index contributed by atoms with van der Waals surface area (Å²) in [6.07, 6.45) is 1.65. The molecule has 21 heavy (non-hydrogen) atoms. The number of amides is 1. The summed E-state index contributed by atoms with van der Waals surface area (Å²) >= 11 is 7.73. The number of methoxy groups -OCH3 is 1. The van der Waals surface area contributed by atoms with Gasteiger partial charge in [-0.3, -0.25) is 5.32 Å². The minimum absolute atomic E-state index is 0.275. The number of carbonyl (C=O) groups excluding carboxylic acids is 1. The molecule has 1 atom stereocenters. The average Bonchev–Trinajstić information content (AvgIpc) is 3.00. The molecular formula is C15H15ClN2O2S. The minimum atomic E-state index is -0.472. The zero-order valence-electron chi connectivity index (χ0n) is 11.5. The Morgan fingerprint density at radius 3 is 3.00 bits per heavy atom. The maximum Gasteiger partial charge on any atom is 0.411 e. The minimum Gasteiger partial charge on any atom is -0.453 e. The van der Waals surface area contributed by atoms with Crippen LogP contribution in [0.2, 0.25) is 4.34 Å². The Bertz CT molecular complexity index is 671. The van der Waals surface area contributed by atoms with Gasteiger partial charge >= 0.3 is 6.09 Å². The van der Waals surface area contributed by atoms with Crippen molar-refractivity contribution < 1.29 is 9.53 Å². The molecule has 1 amide bonds. The summed E-state index contributed by atoms with van der Waals surface area (Å²) in [6.45, 7) is 0. The molecule has 0 bridgehead atoms. The van der Waals surface area contributed by atoms with Gasteiger partial charge in [-0.1, -0.05) is 17.7 Å². The molecule has 1 unspecified atom stereocenters. The number of aryl methyl sites for hydroxylation is 1. The molecule has 0 aliphatic heterocycles. The second kappa shape index (κ2) is 5.95. The molecule has 0 saturated heterocycles. The first-order chi connectivity index (χ1) is 10.2. The third kappa shape index (κ3) is 3.14. The van der Waals surface area contributed by atoms with Crippen molar-refractivity contribution in [2.45, 2.75) is 18.9 Å².